The number of carbonyl (C=O) groups excluding carboxylic acids is 2. The number of hydrogen-bond acceptors (Lipinski definition) is 7. The molecule has 31 heavy (non-hydrogen) atoms. The first kappa shape index (κ1) is 21.7. The number of rotatable bonds is 4. The van der Waals surface area contributed by atoms with E-state index in [9.17, 15) is 9.59 Å². The van der Waals surface area contributed by atoms with E-state index in [0.29, 0.717) is 12.8 Å². The summed E-state index contributed by atoms with van der Waals surface area (Å²) in [5, 5.41) is 0. The number of hydrogen-bond donors (Lipinski definition) is 0. The van der Waals surface area contributed by atoms with Crippen LogP contribution in [0.25, 0.3) is 0 Å². The molecule has 0 saturated carbocycles. The van der Waals surface area contributed by atoms with Crippen LogP contribution in [0.2, 0.25) is 0 Å². The van der Waals surface area contributed by atoms with E-state index in [1.165, 1.54) is 0 Å². The molecule has 8 atom stereocenters. The number of ether oxygens (including phenoxy) is 5. The van der Waals surface area contributed by atoms with Crippen molar-refractivity contribution < 1.29 is 33.3 Å². The third-order valence-corrected chi connectivity index (χ3v) is 8.72. The zero-order valence-corrected chi connectivity index (χ0v) is 19.2. The molecule has 7 heteroatoms. The average Bonchev–Trinajstić information content (AvgIpc) is 3.48. The van der Waals surface area contributed by atoms with Crippen LogP contribution in [0.15, 0.2) is 0 Å². The highest BCUT2D eigenvalue weighted by Crippen LogP contribution is 2.50. The summed E-state index contributed by atoms with van der Waals surface area (Å²) < 4.78 is 30.9. The van der Waals surface area contributed by atoms with E-state index in [1.807, 2.05) is 13.8 Å². The summed E-state index contributed by atoms with van der Waals surface area (Å²) in [6.45, 7) is 8.27. The molecule has 0 radical (unpaired) electrons. The van der Waals surface area contributed by atoms with Crippen molar-refractivity contribution in [3.05, 3.63) is 0 Å². The van der Waals surface area contributed by atoms with E-state index in [2.05, 4.69) is 13.8 Å². The molecule has 5 rings (SSSR count). The molecule has 174 valence electrons. The van der Waals surface area contributed by atoms with Crippen LogP contribution in [0.3, 0.4) is 0 Å². The van der Waals surface area contributed by atoms with Crippen molar-refractivity contribution in [2.24, 2.45) is 0 Å². The molecule has 0 unspecified atom stereocenters. The monoisotopic (exact) mass is 436 g/mol. The van der Waals surface area contributed by atoms with Crippen molar-refractivity contribution in [1.29, 1.82) is 0 Å². The molecule has 7 nitrogen and oxygen atoms in total. The van der Waals surface area contributed by atoms with Gasteiger partial charge in [-0.05, 0) is 79.1 Å². The van der Waals surface area contributed by atoms with Crippen LogP contribution in [-0.2, 0) is 33.3 Å². The topological polar surface area (TPSA) is 80.3 Å². The summed E-state index contributed by atoms with van der Waals surface area (Å²) in [7, 11) is 0. The molecule has 0 aromatic rings. The predicted molar refractivity (Wildman–Crippen MR) is 110 cm³/mol. The molecule has 5 aliphatic heterocycles. The second kappa shape index (κ2) is 7.16. The molecule has 0 aromatic carbocycles. The van der Waals surface area contributed by atoms with E-state index < -0.39 is 11.2 Å². The van der Waals surface area contributed by atoms with Gasteiger partial charge in [-0.1, -0.05) is 0 Å². The second-order valence-electron chi connectivity index (χ2n) is 11.2. The summed E-state index contributed by atoms with van der Waals surface area (Å²) in [6.07, 6.45) is 7.65. The molecule has 0 aromatic heterocycles. The van der Waals surface area contributed by atoms with Crippen LogP contribution in [0.1, 0.15) is 91.9 Å². The largest absolute Gasteiger partial charge is 0.457 e. The molecule has 0 amide bonds. The molecule has 5 heterocycles. The Bertz CT molecular complexity index is 707. The third-order valence-electron chi connectivity index (χ3n) is 8.72. The summed E-state index contributed by atoms with van der Waals surface area (Å²) in [6, 6.07) is 0. The van der Waals surface area contributed by atoms with Gasteiger partial charge in [-0.25, -0.2) is 0 Å². The van der Waals surface area contributed by atoms with Gasteiger partial charge in [-0.15, -0.1) is 0 Å². The first-order chi connectivity index (χ1) is 14.5. The van der Waals surface area contributed by atoms with E-state index in [-0.39, 0.29) is 47.6 Å². The minimum Gasteiger partial charge on any atom is -0.457 e. The smallest absolute Gasteiger partial charge is 0.306 e. The molecule has 0 bridgehead atoms. The summed E-state index contributed by atoms with van der Waals surface area (Å²) in [5.41, 5.74) is -1.79. The van der Waals surface area contributed by atoms with Crippen LogP contribution in [0.4, 0.5) is 0 Å². The highest BCUT2D eigenvalue weighted by molar-refractivity contribution is 5.72. The van der Waals surface area contributed by atoms with Gasteiger partial charge < -0.3 is 23.7 Å². The number of cyclic esters (lactones) is 2. The van der Waals surface area contributed by atoms with Gasteiger partial charge in [-0.2, -0.15) is 0 Å². The Labute approximate surface area is 184 Å². The predicted octanol–water partition coefficient (Wildman–Crippen LogP) is 3.60. The lowest BCUT2D eigenvalue weighted by Crippen LogP contribution is -2.47. The summed E-state index contributed by atoms with van der Waals surface area (Å²) >= 11 is 0. The van der Waals surface area contributed by atoms with E-state index in [0.717, 1.165) is 51.4 Å². The molecule has 5 saturated heterocycles. The Hall–Kier alpha value is -1.18. The lowest BCUT2D eigenvalue weighted by Gasteiger charge is -2.38. The first-order valence-corrected chi connectivity index (χ1v) is 12.0. The fourth-order valence-electron chi connectivity index (χ4n) is 6.47. The molecular weight excluding hydrogens is 400 g/mol. The van der Waals surface area contributed by atoms with Crippen molar-refractivity contribution in [3.8, 4) is 0 Å². The lowest BCUT2D eigenvalue weighted by molar-refractivity contribution is -0.202. The Balaban J connectivity index is 1.21. The third kappa shape index (κ3) is 3.61. The van der Waals surface area contributed by atoms with Crippen molar-refractivity contribution >= 4 is 11.9 Å². The molecular formula is C24H36O7. The lowest BCUT2D eigenvalue weighted by atomic mass is 9.89. The fourth-order valence-corrected chi connectivity index (χ4v) is 6.47. The van der Waals surface area contributed by atoms with Gasteiger partial charge in [0, 0.05) is 12.8 Å². The SMILES string of the molecule is C[C@]1([C@H]2CC[C@@](C)([C@@H]3CC[C@@H]([C@]4(C)CC[C@@H]([C@]5(C)CCC(=O)O5)O4)O3)O2)CCC(=O)O1. The maximum atomic E-state index is 11.7. The molecule has 0 aliphatic carbocycles. The normalized spacial score (nSPS) is 52.6. The van der Waals surface area contributed by atoms with Gasteiger partial charge in [-0.3, -0.25) is 9.59 Å². The van der Waals surface area contributed by atoms with E-state index in [1.54, 1.807) is 0 Å². The van der Waals surface area contributed by atoms with Crippen molar-refractivity contribution in [3.63, 3.8) is 0 Å². The van der Waals surface area contributed by atoms with Crippen LogP contribution >= 0.6 is 0 Å². The first-order valence-electron chi connectivity index (χ1n) is 12.0. The highest BCUT2D eigenvalue weighted by Gasteiger charge is 2.58. The van der Waals surface area contributed by atoms with Gasteiger partial charge in [0.05, 0.1) is 35.6 Å². The summed E-state index contributed by atoms with van der Waals surface area (Å²) in [4.78, 5) is 23.4. The van der Waals surface area contributed by atoms with Crippen molar-refractivity contribution in [2.75, 3.05) is 0 Å². The molecule has 5 fully saturated rings. The van der Waals surface area contributed by atoms with Crippen LogP contribution in [0, 0.1) is 0 Å². The maximum absolute atomic E-state index is 11.7. The Kier molecular flexibility index (Phi) is 5.00. The van der Waals surface area contributed by atoms with Gasteiger partial charge in [0.1, 0.15) is 11.2 Å². The van der Waals surface area contributed by atoms with Crippen LogP contribution in [-0.4, -0.2) is 58.8 Å². The van der Waals surface area contributed by atoms with Gasteiger partial charge in [0.15, 0.2) is 0 Å². The zero-order chi connectivity index (χ0) is 22.1. The standard InChI is InChI=1S/C24H36O7/c1-21(11-7-17(28-21)23(3)13-9-19(25)30-23)15-5-6-16(27-15)22(2)12-8-18(29-22)24(4)14-10-20(26)31-24/h15-18H,5-14H2,1-4H3/t15-,16-,17-,18+,21-,22-,23-,24+/m0/s1. The maximum Gasteiger partial charge on any atom is 0.306 e. The quantitative estimate of drug-likeness (QED) is 0.623. The molecule has 5 aliphatic rings. The fraction of sp³-hybridized carbons (Fsp3) is 0.917. The van der Waals surface area contributed by atoms with Crippen molar-refractivity contribution in [2.45, 2.75) is 139 Å². The Morgan fingerprint density at radius 3 is 1.35 bits per heavy atom. The van der Waals surface area contributed by atoms with E-state index >= 15 is 0 Å². The number of esters is 2. The Morgan fingerprint density at radius 2 is 1.00 bits per heavy atom. The Morgan fingerprint density at radius 1 is 0.581 bits per heavy atom. The average molecular weight is 437 g/mol. The van der Waals surface area contributed by atoms with E-state index in [4.69, 9.17) is 23.7 Å². The van der Waals surface area contributed by atoms with Crippen LogP contribution in [0.5, 0.6) is 0 Å². The van der Waals surface area contributed by atoms with Gasteiger partial charge in [0.2, 0.25) is 0 Å². The summed E-state index contributed by atoms with van der Waals surface area (Å²) in [5.74, 6) is -0.251. The highest BCUT2D eigenvalue weighted by atomic mass is 16.6. The minimum atomic E-state index is -0.519. The van der Waals surface area contributed by atoms with Gasteiger partial charge >= 0.3 is 11.9 Å². The van der Waals surface area contributed by atoms with Gasteiger partial charge in [0.25, 0.3) is 0 Å². The zero-order valence-electron chi connectivity index (χ0n) is 19.2. The second-order valence-corrected chi connectivity index (χ2v) is 11.2. The number of carbonyl (C=O) groups is 2. The van der Waals surface area contributed by atoms with Crippen molar-refractivity contribution in [1.82, 2.24) is 0 Å². The molecule has 0 N–H and O–H groups in total. The minimum absolute atomic E-state index is 0.00238. The van der Waals surface area contributed by atoms with Crippen LogP contribution < -0.4 is 0 Å². The molecule has 0 spiro atoms.